The number of carbonyl (C=O) groups is 1. The molecule has 132 valence electrons. The molecule has 0 unspecified atom stereocenters. The first-order valence-electron chi connectivity index (χ1n) is 9.07. The molecule has 2 aliphatic rings. The minimum Gasteiger partial charge on any atom is -0.467 e. The molecule has 26 heavy (non-hydrogen) atoms. The number of amides is 1. The van der Waals surface area contributed by atoms with Gasteiger partial charge in [-0.1, -0.05) is 18.2 Å². The van der Waals surface area contributed by atoms with Gasteiger partial charge in [0.05, 0.1) is 5.39 Å². The van der Waals surface area contributed by atoms with Gasteiger partial charge in [-0.3, -0.25) is 4.79 Å². The number of aryl methyl sites for hydroxylation is 3. The minimum absolute atomic E-state index is 0.00503. The third-order valence-electron chi connectivity index (χ3n) is 5.21. The second kappa shape index (κ2) is 6.36. The summed E-state index contributed by atoms with van der Waals surface area (Å²) in [5.41, 5.74) is 3.56. The van der Waals surface area contributed by atoms with Crippen LogP contribution in [0.1, 0.15) is 28.8 Å². The van der Waals surface area contributed by atoms with Crippen LogP contribution >= 0.6 is 11.3 Å². The molecule has 0 saturated heterocycles. The molecule has 6 heteroatoms. The van der Waals surface area contributed by atoms with Crippen LogP contribution in [0.2, 0.25) is 0 Å². The number of para-hydroxylation sites is 1. The quantitative estimate of drug-likeness (QED) is 0.712. The zero-order valence-corrected chi connectivity index (χ0v) is 15.2. The van der Waals surface area contributed by atoms with Crippen molar-refractivity contribution in [3.8, 4) is 5.88 Å². The standard InChI is InChI=1S/C20H19N3O2S/c24-17(23-10-4-6-13-5-1-2-8-15(13)23)11-25-19-18-14-7-3-9-16(14)26-20(18)22-12-21-19/h1-2,5,8,12H,3-4,6-7,9-11H2. The molecule has 3 heterocycles. The maximum absolute atomic E-state index is 12.8. The molecule has 1 amide bonds. The smallest absolute Gasteiger partial charge is 0.264 e. The normalized spacial score (nSPS) is 15.8. The number of anilines is 1. The van der Waals surface area contributed by atoms with Gasteiger partial charge < -0.3 is 9.64 Å². The summed E-state index contributed by atoms with van der Waals surface area (Å²) < 4.78 is 5.90. The number of fused-ring (bicyclic) bond motifs is 4. The average Bonchev–Trinajstić information content (AvgIpc) is 3.26. The van der Waals surface area contributed by atoms with Gasteiger partial charge in [0, 0.05) is 17.1 Å². The number of nitrogens with zero attached hydrogens (tertiary/aromatic N) is 3. The molecule has 0 fully saturated rings. The molecule has 3 aromatic rings. The Kier molecular flexibility index (Phi) is 3.85. The Labute approximate surface area is 155 Å². The predicted octanol–water partition coefficient (Wildman–Crippen LogP) is 3.54. The van der Waals surface area contributed by atoms with Crippen molar-refractivity contribution in [1.29, 1.82) is 0 Å². The van der Waals surface area contributed by atoms with Crippen LogP contribution in [0.5, 0.6) is 5.88 Å². The lowest BCUT2D eigenvalue weighted by atomic mass is 10.0. The fraction of sp³-hybridized carbons (Fsp3) is 0.350. The molecule has 0 saturated carbocycles. The number of benzene rings is 1. The highest BCUT2D eigenvalue weighted by atomic mass is 32.1. The van der Waals surface area contributed by atoms with E-state index in [-0.39, 0.29) is 12.5 Å². The summed E-state index contributed by atoms with van der Waals surface area (Å²) in [5, 5.41) is 1.01. The van der Waals surface area contributed by atoms with E-state index in [9.17, 15) is 4.79 Å². The molecule has 0 bridgehead atoms. The Morgan fingerprint density at radius 1 is 1.15 bits per heavy atom. The van der Waals surface area contributed by atoms with Crippen molar-refractivity contribution >= 4 is 33.1 Å². The molecule has 0 spiro atoms. The van der Waals surface area contributed by atoms with Gasteiger partial charge in [-0.25, -0.2) is 9.97 Å². The summed E-state index contributed by atoms with van der Waals surface area (Å²) in [6.45, 7) is 0.747. The van der Waals surface area contributed by atoms with E-state index in [4.69, 9.17) is 4.74 Å². The van der Waals surface area contributed by atoms with Crippen molar-refractivity contribution in [3.05, 3.63) is 46.6 Å². The molecule has 0 radical (unpaired) electrons. The second-order valence-corrected chi connectivity index (χ2v) is 7.87. The highest BCUT2D eigenvalue weighted by Crippen LogP contribution is 2.39. The van der Waals surface area contributed by atoms with E-state index in [2.05, 4.69) is 16.0 Å². The van der Waals surface area contributed by atoms with Gasteiger partial charge in [0.15, 0.2) is 6.61 Å². The summed E-state index contributed by atoms with van der Waals surface area (Å²) in [4.78, 5) is 25.7. The first-order chi connectivity index (χ1) is 12.8. The fourth-order valence-corrected chi connectivity index (χ4v) is 5.23. The van der Waals surface area contributed by atoms with E-state index in [1.165, 1.54) is 28.8 Å². The van der Waals surface area contributed by atoms with Crippen molar-refractivity contribution in [2.45, 2.75) is 32.1 Å². The predicted molar refractivity (Wildman–Crippen MR) is 102 cm³/mol. The monoisotopic (exact) mass is 365 g/mol. The summed E-state index contributed by atoms with van der Waals surface area (Å²) in [6.07, 6.45) is 6.87. The first kappa shape index (κ1) is 15.8. The van der Waals surface area contributed by atoms with Gasteiger partial charge in [-0.2, -0.15) is 0 Å². The van der Waals surface area contributed by atoms with Gasteiger partial charge in [0.2, 0.25) is 5.88 Å². The summed E-state index contributed by atoms with van der Waals surface area (Å²) in [6, 6.07) is 8.12. The van der Waals surface area contributed by atoms with Crippen LogP contribution in [-0.2, 0) is 24.1 Å². The number of aromatic nitrogens is 2. The third kappa shape index (κ3) is 2.56. The Balaban J connectivity index is 1.39. The van der Waals surface area contributed by atoms with E-state index in [0.29, 0.717) is 5.88 Å². The van der Waals surface area contributed by atoms with Gasteiger partial charge in [-0.05, 0) is 49.3 Å². The van der Waals surface area contributed by atoms with E-state index in [0.717, 1.165) is 48.1 Å². The van der Waals surface area contributed by atoms with Crippen LogP contribution < -0.4 is 9.64 Å². The second-order valence-electron chi connectivity index (χ2n) is 6.78. The lowest BCUT2D eigenvalue weighted by Crippen LogP contribution is -2.38. The Bertz CT molecular complexity index is 998. The van der Waals surface area contributed by atoms with E-state index in [1.807, 2.05) is 23.1 Å². The molecular formula is C20H19N3O2S. The number of hydrogen-bond acceptors (Lipinski definition) is 5. The van der Waals surface area contributed by atoms with Crippen LogP contribution in [0.15, 0.2) is 30.6 Å². The van der Waals surface area contributed by atoms with Crippen molar-refractivity contribution in [2.24, 2.45) is 0 Å². The molecule has 0 atom stereocenters. The summed E-state index contributed by atoms with van der Waals surface area (Å²) >= 11 is 1.73. The Hall–Kier alpha value is -2.47. The maximum atomic E-state index is 12.8. The molecule has 1 aromatic carbocycles. The number of rotatable bonds is 3. The minimum atomic E-state index is -0.0178. The Morgan fingerprint density at radius 3 is 3.04 bits per heavy atom. The Morgan fingerprint density at radius 2 is 2.08 bits per heavy atom. The molecular weight excluding hydrogens is 346 g/mol. The molecule has 1 aliphatic heterocycles. The zero-order chi connectivity index (χ0) is 17.5. The highest BCUT2D eigenvalue weighted by molar-refractivity contribution is 7.18. The van der Waals surface area contributed by atoms with Crippen LogP contribution in [0.25, 0.3) is 10.2 Å². The molecule has 5 nitrogen and oxygen atoms in total. The average molecular weight is 365 g/mol. The number of ether oxygens (including phenoxy) is 1. The van der Waals surface area contributed by atoms with Crippen molar-refractivity contribution in [2.75, 3.05) is 18.1 Å². The SMILES string of the molecule is O=C(COc1ncnc2sc3c(c12)CCC3)N1CCCc2ccccc21. The molecule has 1 aliphatic carbocycles. The summed E-state index contributed by atoms with van der Waals surface area (Å²) in [5.74, 6) is 0.531. The van der Waals surface area contributed by atoms with Crippen LogP contribution in [0.4, 0.5) is 5.69 Å². The van der Waals surface area contributed by atoms with Crippen LogP contribution in [0.3, 0.4) is 0 Å². The highest BCUT2D eigenvalue weighted by Gasteiger charge is 2.25. The van der Waals surface area contributed by atoms with Gasteiger partial charge in [0.1, 0.15) is 11.2 Å². The van der Waals surface area contributed by atoms with Gasteiger partial charge >= 0.3 is 0 Å². The van der Waals surface area contributed by atoms with Crippen molar-refractivity contribution < 1.29 is 9.53 Å². The fourth-order valence-electron chi connectivity index (χ4n) is 4.01. The van der Waals surface area contributed by atoms with Crippen LogP contribution in [-0.4, -0.2) is 29.0 Å². The van der Waals surface area contributed by atoms with Crippen LogP contribution in [0, 0.1) is 0 Å². The van der Waals surface area contributed by atoms with Gasteiger partial charge in [0.25, 0.3) is 5.91 Å². The van der Waals surface area contributed by atoms with Gasteiger partial charge in [-0.15, -0.1) is 11.3 Å². The topological polar surface area (TPSA) is 55.3 Å². The lowest BCUT2D eigenvalue weighted by Gasteiger charge is -2.29. The maximum Gasteiger partial charge on any atom is 0.264 e. The third-order valence-corrected chi connectivity index (χ3v) is 6.41. The number of carbonyl (C=O) groups excluding carboxylic acids is 1. The largest absolute Gasteiger partial charge is 0.467 e. The zero-order valence-electron chi connectivity index (χ0n) is 14.4. The number of hydrogen-bond donors (Lipinski definition) is 0. The molecule has 5 rings (SSSR count). The van der Waals surface area contributed by atoms with E-state index < -0.39 is 0 Å². The van der Waals surface area contributed by atoms with Crippen molar-refractivity contribution in [1.82, 2.24) is 9.97 Å². The lowest BCUT2D eigenvalue weighted by molar-refractivity contribution is -0.120. The summed E-state index contributed by atoms with van der Waals surface area (Å²) in [7, 11) is 0. The molecule has 2 aromatic heterocycles. The first-order valence-corrected chi connectivity index (χ1v) is 9.89. The van der Waals surface area contributed by atoms with E-state index >= 15 is 0 Å². The van der Waals surface area contributed by atoms with E-state index in [1.54, 1.807) is 11.3 Å². The molecule has 0 N–H and O–H groups in total. The number of thiophene rings is 1. The van der Waals surface area contributed by atoms with Crippen molar-refractivity contribution in [3.63, 3.8) is 0 Å².